The number of hydrogen-bond acceptors (Lipinski definition) is 4. The summed E-state index contributed by atoms with van der Waals surface area (Å²) < 4.78 is 6.82. The fraction of sp³-hybridized carbons (Fsp3) is 0.750. The number of nitrogens with one attached hydrogen (secondary N) is 1. The highest BCUT2D eigenvalue weighted by Gasteiger charge is 2.18. The van der Waals surface area contributed by atoms with E-state index in [1.165, 1.54) is 0 Å². The Morgan fingerprint density at radius 3 is 2.67 bits per heavy atom. The van der Waals surface area contributed by atoms with Gasteiger partial charge in [0.2, 0.25) is 0 Å². The van der Waals surface area contributed by atoms with Gasteiger partial charge in [-0.05, 0) is 27.2 Å². The van der Waals surface area contributed by atoms with Crippen LogP contribution in [0.5, 0.6) is 0 Å². The summed E-state index contributed by atoms with van der Waals surface area (Å²) in [6.07, 6.45) is 2.48. The Kier molecular flexibility index (Phi) is 4.69. The van der Waals surface area contributed by atoms with Gasteiger partial charge in [0.15, 0.2) is 0 Å². The molecule has 0 aliphatic rings. The highest BCUT2D eigenvalue weighted by Crippen LogP contribution is 2.10. The molecule has 1 aromatic heterocycles. The quantitative estimate of drug-likeness (QED) is 0.896. The van der Waals surface area contributed by atoms with Crippen LogP contribution < -0.4 is 5.32 Å². The second-order valence-electron chi connectivity index (χ2n) is 5.21. The molecule has 0 saturated carbocycles. The van der Waals surface area contributed by atoms with E-state index in [1.807, 2.05) is 27.8 Å². The number of unbranched alkanes of at least 4 members (excludes halogenated alkanes) is 1. The SMILES string of the molecule is CCCCc1nc(NC(=O)OC(C)(C)C)nn1C. The number of rotatable bonds is 4. The third-order valence-corrected chi connectivity index (χ3v) is 2.22. The molecule has 6 heteroatoms. The first-order chi connectivity index (χ1) is 8.31. The van der Waals surface area contributed by atoms with Crippen molar-refractivity contribution >= 4 is 12.0 Å². The first-order valence-corrected chi connectivity index (χ1v) is 6.21. The van der Waals surface area contributed by atoms with Crippen molar-refractivity contribution in [3.05, 3.63) is 5.82 Å². The number of nitrogens with zero attached hydrogens (tertiary/aromatic N) is 3. The molecule has 0 saturated heterocycles. The topological polar surface area (TPSA) is 69.0 Å². The maximum absolute atomic E-state index is 11.5. The predicted molar refractivity (Wildman–Crippen MR) is 69.5 cm³/mol. The molecule has 0 atom stereocenters. The van der Waals surface area contributed by atoms with Gasteiger partial charge < -0.3 is 4.74 Å². The van der Waals surface area contributed by atoms with Crippen molar-refractivity contribution in [2.24, 2.45) is 7.05 Å². The van der Waals surface area contributed by atoms with Gasteiger partial charge in [0, 0.05) is 13.5 Å². The van der Waals surface area contributed by atoms with Gasteiger partial charge in [0.05, 0.1) is 0 Å². The molecule has 0 spiro atoms. The maximum Gasteiger partial charge on any atom is 0.414 e. The van der Waals surface area contributed by atoms with E-state index < -0.39 is 11.7 Å². The van der Waals surface area contributed by atoms with Crippen molar-refractivity contribution in [3.8, 4) is 0 Å². The molecule has 0 bridgehead atoms. The Bertz CT molecular complexity index is 407. The smallest absolute Gasteiger partial charge is 0.414 e. The summed E-state index contributed by atoms with van der Waals surface area (Å²) >= 11 is 0. The number of anilines is 1. The molecular formula is C12H22N4O2. The molecule has 1 rings (SSSR count). The van der Waals surface area contributed by atoms with Crippen molar-refractivity contribution in [1.29, 1.82) is 0 Å². The molecule has 0 radical (unpaired) electrons. The van der Waals surface area contributed by atoms with Crippen LogP contribution in [0.2, 0.25) is 0 Å². The third kappa shape index (κ3) is 4.73. The van der Waals surface area contributed by atoms with Crippen LogP contribution in [-0.2, 0) is 18.2 Å². The molecule has 1 aromatic rings. The van der Waals surface area contributed by atoms with Crippen LogP contribution in [-0.4, -0.2) is 26.5 Å². The number of ether oxygens (including phenoxy) is 1. The van der Waals surface area contributed by atoms with Crippen molar-refractivity contribution in [3.63, 3.8) is 0 Å². The number of aryl methyl sites for hydroxylation is 2. The molecular weight excluding hydrogens is 232 g/mol. The highest BCUT2D eigenvalue weighted by molar-refractivity contribution is 5.82. The zero-order valence-electron chi connectivity index (χ0n) is 11.8. The van der Waals surface area contributed by atoms with Crippen LogP contribution in [0.15, 0.2) is 0 Å². The van der Waals surface area contributed by atoms with Crippen LogP contribution in [0.3, 0.4) is 0 Å². The van der Waals surface area contributed by atoms with E-state index in [0.29, 0.717) is 0 Å². The first-order valence-electron chi connectivity index (χ1n) is 6.21. The fourth-order valence-corrected chi connectivity index (χ4v) is 1.42. The number of carbonyl (C=O) groups excluding carboxylic acids is 1. The van der Waals surface area contributed by atoms with E-state index in [4.69, 9.17) is 4.74 Å². The molecule has 102 valence electrons. The summed E-state index contributed by atoms with van der Waals surface area (Å²) in [5, 5.41) is 6.66. The van der Waals surface area contributed by atoms with E-state index in [2.05, 4.69) is 22.3 Å². The lowest BCUT2D eigenvalue weighted by molar-refractivity contribution is 0.0634. The monoisotopic (exact) mass is 254 g/mol. The molecule has 18 heavy (non-hydrogen) atoms. The average Bonchev–Trinajstić information content (AvgIpc) is 2.52. The highest BCUT2D eigenvalue weighted by atomic mass is 16.6. The van der Waals surface area contributed by atoms with E-state index in [0.717, 1.165) is 25.1 Å². The Hall–Kier alpha value is -1.59. The van der Waals surface area contributed by atoms with Gasteiger partial charge >= 0.3 is 6.09 Å². The fourth-order valence-electron chi connectivity index (χ4n) is 1.42. The van der Waals surface area contributed by atoms with Crippen molar-refractivity contribution in [2.75, 3.05) is 5.32 Å². The summed E-state index contributed by atoms with van der Waals surface area (Å²) in [4.78, 5) is 15.8. The third-order valence-electron chi connectivity index (χ3n) is 2.22. The van der Waals surface area contributed by atoms with E-state index in [1.54, 1.807) is 4.68 Å². The lowest BCUT2D eigenvalue weighted by Crippen LogP contribution is -2.27. The molecule has 1 heterocycles. The van der Waals surface area contributed by atoms with Gasteiger partial charge in [-0.3, -0.25) is 10.00 Å². The zero-order valence-corrected chi connectivity index (χ0v) is 11.8. The molecule has 0 unspecified atom stereocenters. The van der Waals surface area contributed by atoms with Gasteiger partial charge in [0.25, 0.3) is 5.95 Å². The molecule has 1 N–H and O–H groups in total. The number of carbonyl (C=O) groups is 1. The van der Waals surface area contributed by atoms with Gasteiger partial charge in [-0.15, -0.1) is 5.10 Å². The lowest BCUT2D eigenvalue weighted by atomic mass is 10.2. The van der Waals surface area contributed by atoms with Gasteiger partial charge in [-0.2, -0.15) is 4.98 Å². The lowest BCUT2D eigenvalue weighted by Gasteiger charge is -2.18. The molecule has 1 amide bonds. The van der Waals surface area contributed by atoms with Gasteiger partial charge in [-0.25, -0.2) is 4.79 Å². The minimum atomic E-state index is -0.532. The summed E-state index contributed by atoms with van der Waals surface area (Å²) in [6, 6.07) is 0. The van der Waals surface area contributed by atoms with E-state index in [-0.39, 0.29) is 5.95 Å². The van der Waals surface area contributed by atoms with E-state index in [9.17, 15) is 4.79 Å². The number of amides is 1. The molecule has 0 fully saturated rings. The van der Waals surface area contributed by atoms with Crippen molar-refractivity contribution in [1.82, 2.24) is 14.8 Å². The summed E-state index contributed by atoms with van der Waals surface area (Å²) in [5.41, 5.74) is -0.524. The van der Waals surface area contributed by atoms with Crippen LogP contribution in [0, 0.1) is 0 Å². The Morgan fingerprint density at radius 1 is 1.44 bits per heavy atom. The van der Waals surface area contributed by atoms with Gasteiger partial charge in [0.1, 0.15) is 11.4 Å². The summed E-state index contributed by atoms with van der Waals surface area (Å²) in [7, 11) is 1.82. The normalized spacial score (nSPS) is 11.4. The second kappa shape index (κ2) is 5.84. The zero-order chi connectivity index (χ0) is 13.8. The molecule has 6 nitrogen and oxygen atoms in total. The first kappa shape index (κ1) is 14.5. The summed E-state index contributed by atoms with van der Waals surface area (Å²) in [5.74, 6) is 1.15. The van der Waals surface area contributed by atoms with Crippen LogP contribution in [0.4, 0.5) is 10.7 Å². The van der Waals surface area contributed by atoms with Crippen molar-refractivity contribution < 1.29 is 9.53 Å². The van der Waals surface area contributed by atoms with Crippen LogP contribution in [0.25, 0.3) is 0 Å². The maximum atomic E-state index is 11.5. The molecule has 0 aliphatic carbocycles. The minimum Gasteiger partial charge on any atom is -0.444 e. The Balaban J connectivity index is 2.60. The number of hydrogen-bond donors (Lipinski definition) is 1. The molecule has 0 aromatic carbocycles. The van der Waals surface area contributed by atoms with Crippen LogP contribution >= 0.6 is 0 Å². The summed E-state index contributed by atoms with van der Waals surface area (Å²) in [6.45, 7) is 7.55. The van der Waals surface area contributed by atoms with E-state index >= 15 is 0 Å². The van der Waals surface area contributed by atoms with Crippen LogP contribution in [0.1, 0.15) is 46.4 Å². The Morgan fingerprint density at radius 2 is 2.11 bits per heavy atom. The standard InChI is InChI=1S/C12H22N4O2/c1-6-7-8-9-13-10(15-16(9)5)14-11(17)18-12(2,3)4/h6-8H2,1-5H3,(H,14,15,17). The average molecular weight is 254 g/mol. The minimum absolute atomic E-state index is 0.290. The van der Waals surface area contributed by atoms with Crippen molar-refractivity contribution in [2.45, 2.75) is 52.6 Å². The Labute approximate surface area is 108 Å². The van der Waals surface area contributed by atoms with Gasteiger partial charge in [-0.1, -0.05) is 13.3 Å². The predicted octanol–water partition coefficient (Wildman–Crippen LogP) is 2.50. The largest absolute Gasteiger partial charge is 0.444 e. The number of aromatic nitrogens is 3. The molecule has 0 aliphatic heterocycles. The second-order valence-corrected chi connectivity index (χ2v) is 5.21.